The van der Waals surface area contributed by atoms with Crippen LogP contribution in [0.15, 0.2) is 0 Å². The highest BCUT2D eigenvalue weighted by Gasteiger charge is 2.29. The first-order chi connectivity index (χ1) is 6.92. The van der Waals surface area contributed by atoms with E-state index in [9.17, 15) is 0 Å². The van der Waals surface area contributed by atoms with E-state index in [2.05, 4.69) is 17.3 Å². The second-order valence-corrected chi connectivity index (χ2v) is 4.84. The normalized spacial score (nSPS) is 35.8. The molecule has 0 aromatic rings. The number of likely N-dealkylation sites (N-methyl/N-ethyl adjacent to an activating group) is 1. The molecule has 2 atom stereocenters. The Kier molecular flexibility index (Phi) is 3.82. The van der Waals surface area contributed by atoms with Crippen molar-refractivity contribution in [1.29, 1.82) is 0 Å². The number of hydrogen-bond acceptors (Lipinski definition) is 2. The lowest BCUT2D eigenvalue weighted by atomic mass is 10.0. The maximum atomic E-state index is 3.53. The fraction of sp³-hybridized carbons (Fsp3) is 1.00. The van der Waals surface area contributed by atoms with Crippen LogP contribution in [0.1, 0.15) is 44.9 Å². The molecule has 0 radical (unpaired) electrons. The zero-order valence-corrected chi connectivity index (χ0v) is 9.47. The number of nitrogens with one attached hydrogen (secondary N) is 1. The number of likely N-dealkylation sites (tertiary alicyclic amines) is 1. The van der Waals surface area contributed by atoms with Crippen molar-refractivity contribution in [3.8, 4) is 0 Å². The van der Waals surface area contributed by atoms with E-state index in [0.29, 0.717) is 0 Å². The summed E-state index contributed by atoms with van der Waals surface area (Å²) in [4.78, 5) is 2.73. The Morgan fingerprint density at radius 2 is 1.64 bits per heavy atom. The van der Waals surface area contributed by atoms with Crippen molar-refractivity contribution in [2.75, 3.05) is 20.1 Å². The van der Waals surface area contributed by atoms with Crippen LogP contribution in [-0.2, 0) is 0 Å². The molecule has 2 aliphatic rings. The first-order valence-electron chi connectivity index (χ1n) is 6.33. The summed E-state index contributed by atoms with van der Waals surface area (Å²) in [5.74, 6) is 0. The van der Waals surface area contributed by atoms with Gasteiger partial charge in [-0.25, -0.2) is 0 Å². The van der Waals surface area contributed by atoms with Gasteiger partial charge in [-0.3, -0.25) is 4.90 Å². The first-order valence-corrected chi connectivity index (χ1v) is 6.33. The zero-order chi connectivity index (χ0) is 9.80. The average molecular weight is 196 g/mol. The van der Waals surface area contributed by atoms with Crippen molar-refractivity contribution in [3.63, 3.8) is 0 Å². The van der Waals surface area contributed by atoms with Gasteiger partial charge in [0.2, 0.25) is 0 Å². The molecule has 1 saturated heterocycles. The lowest BCUT2D eigenvalue weighted by Crippen LogP contribution is -2.47. The summed E-state index contributed by atoms with van der Waals surface area (Å²) in [6.07, 6.45) is 9.97. The first kappa shape index (κ1) is 10.4. The predicted octanol–water partition coefficient (Wildman–Crippen LogP) is 2.00. The lowest BCUT2D eigenvalue weighted by Gasteiger charge is -2.33. The maximum absolute atomic E-state index is 3.53. The van der Waals surface area contributed by atoms with Gasteiger partial charge in [-0.1, -0.05) is 19.3 Å². The standard InChI is InChI=1S/C12H24N2/c1-13-11-7-3-2-4-8-12(11)14-9-5-6-10-14/h11-13H,2-10H2,1H3. The Morgan fingerprint density at radius 3 is 2.36 bits per heavy atom. The van der Waals surface area contributed by atoms with Crippen LogP contribution in [0.4, 0.5) is 0 Å². The van der Waals surface area contributed by atoms with Gasteiger partial charge in [0.05, 0.1) is 0 Å². The molecule has 2 rings (SSSR count). The van der Waals surface area contributed by atoms with Crippen LogP contribution >= 0.6 is 0 Å². The van der Waals surface area contributed by atoms with Gasteiger partial charge in [-0.2, -0.15) is 0 Å². The van der Waals surface area contributed by atoms with Crippen LogP contribution in [-0.4, -0.2) is 37.1 Å². The minimum Gasteiger partial charge on any atom is -0.315 e. The topological polar surface area (TPSA) is 15.3 Å². The van der Waals surface area contributed by atoms with E-state index in [4.69, 9.17) is 0 Å². The van der Waals surface area contributed by atoms with Gasteiger partial charge in [-0.15, -0.1) is 0 Å². The third-order valence-corrected chi connectivity index (χ3v) is 3.96. The summed E-state index contributed by atoms with van der Waals surface area (Å²) in [5, 5.41) is 3.53. The SMILES string of the molecule is CNC1CCCCCC1N1CCCC1. The van der Waals surface area contributed by atoms with Gasteiger partial charge < -0.3 is 5.32 Å². The Bertz CT molecular complexity index is 164. The highest BCUT2D eigenvalue weighted by atomic mass is 15.2. The third-order valence-electron chi connectivity index (χ3n) is 3.96. The molecule has 1 aliphatic heterocycles. The predicted molar refractivity (Wildman–Crippen MR) is 60.5 cm³/mol. The van der Waals surface area contributed by atoms with Crippen LogP contribution in [0, 0.1) is 0 Å². The molecular formula is C12H24N2. The maximum Gasteiger partial charge on any atom is 0.0249 e. The number of rotatable bonds is 2. The molecule has 14 heavy (non-hydrogen) atoms. The van der Waals surface area contributed by atoms with Crippen LogP contribution in [0.3, 0.4) is 0 Å². The van der Waals surface area contributed by atoms with E-state index in [0.717, 1.165) is 12.1 Å². The van der Waals surface area contributed by atoms with Gasteiger partial charge in [0.15, 0.2) is 0 Å². The van der Waals surface area contributed by atoms with E-state index in [1.807, 2.05) is 0 Å². The number of hydrogen-bond donors (Lipinski definition) is 1. The molecule has 2 heteroatoms. The van der Waals surface area contributed by atoms with Gasteiger partial charge in [0, 0.05) is 12.1 Å². The van der Waals surface area contributed by atoms with Crippen LogP contribution in [0.25, 0.3) is 0 Å². The molecule has 1 saturated carbocycles. The molecule has 2 fully saturated rings. The van der Waals surface area contributed by atoms with Crippen molar-refractivity contribution < 1.29 is 0 Å². The molecule has 1 N–H and O–H groups in total. The van der Waals surface area contributed by atoms with Gasteiger partial charge in [-0.05, 0) is 45.8 Å². The lowest BCUT2D eigenvalue weighted by molar-refractivity contribution is 0.186. The van der Waals surface area contributed by atoms with Crippen molar-refractivity contribution in [1.82, 2.24) is 10.2 Å². The molecule has 1 heterocycles. The van der Waals surface area contributed by atoms with Crippen molar-refractivity contribution in [3.05, 3.63) is 0 Å². The second-order valence-electron chi connectivity index (χ2n) is 4.84. The van der Waals surface area contributed by atoms with Crippen molar-refractivity contribution in [2.24, 2.45) is 0 Å². The van der Waals surface area contributed by atoms with Crippen molar-refractivity contribution >= 4 is 0 Å². The quantitative estimate of drug-likeness (QED) is 0.680. The van der Waals surface area contributed by atoms with E-state index in [1.165, 1.54) is 58.0 Å². The molecule has 0 aromatic carbocycles. The fourth-order valence-corrected chi connectivity index (χ4v) is 3.14. The van der Waals surface area contributed by atoms with E-state index < -0.39 is 0 Å². The molecule has 1 aliphatic carbocycles. The fourth-order valence-electron chi connectivity index (χ4n) is 3.14. The molecule has 0 bridgehead atoms. The molecule has 0 aromatic heterocycles. The van der Waals surface area contributed by atoms with Crippen LogP contribution < -0.4 is 5.32 Å². The van der Waals surface area contributed by atoms with E-state index in [1.54, 1.807) is 0 Å². The Morgan fingerprint density at radius 1 is 0.929 bits per heavy atom. The van der Waals surface area contributed by atoms with Gasteiger partial charge in [0.25, 0.3) is 0 Å². The summed E-state index contributed by atoms with van der Waals surface area (Å²) < 4.78 is 0. The third kappa shape index (κ3) is 2.29. The largest absolute Gasteiger partial charge is 0.315 e. The molecule has 2 unspecified atom stereocenters. The molecule has 0 spiro atoms. The van der Waals surface area contributed by atoms with Gasteiger partial charge in [0.1, 0.15) is 0 Å². The van der Waals surface area contributed by atoms with Crippen LogP contribution in [0.5, 0.6) is 0 Å². The average Bonchev–Trinajstić information content (AvgIpc) is 2.63. The van der Waals surface area contributed by atoms with E-state index >= 15 is 0 Å². The summed E-state index contributed by atoms with van der Waals surface area (Å²) >= 11 is 0. The minimum atomic E-state index is 0.760. The zero-order valence-electron chi connectivity index (χ0n) is 9.47. The Hall–Kier alpha value is -0.0800. The monoisotopic (exact) mass is 196 g/mol. The summed E-state index contributed by atoms with van der Waals surface area (Å²) in [7, 11) is 2.14. The number of nitrogens with zero attached hydrogens (tertiary/aromatic N) is 1. The summed E-state index contributed by atoms with van der Waals surface area (Å²) in [5.41, 5.74) is 0. The molecule has 2 nitrogen and oxygen atoms in total. The Balaban J connectivity index is 1.96. The molecule has 82 valence electrons. The Labute approximate surface area is 88.1 Å². The van der Waals surface area contributed by atoms with E-state index in [-0.39, 0.29) is 0 Å². The van der Waals surface area contributed by atoms with Gasteiger partial charge >= 0.3 is 0 Å². The molecule has 0 amide bonds. The summed E-state index contributed by atoms with van der Waals surface area (Å²) in [6.45, 7) is 2.70. The smallest absolute Gasteiger partial charge is 0.0249 e. The molecular weight excluding hydrogens is 172 g/mol. The summed E-state index contributed by atoms with van der Waals surface area (Å²) in [6, 6.07) is 1.60. The highest BCUT2D eigenvalue weighted by Crippen LogP contribution is 2.25. The van der Waals surface area contributed by atoms with Crippen LogP contribution in [0.2, 0.25) is 0 Å². The minimum absolute atomic E-state index is 0.760. The second kappa shape index (κ2) is 5.13. The van der Waals surface area contributed by atoms with Crippen molar-refractivity contribution in [2.45, 2.75) is 57.0 Å². The highest BCUT2D eigenvalue weighted by molar-refractivity contribution is 4.87.